The molecular weight excluding hydrogens is 272 g/mol. The SMILES string of the molecule is CC(OS(=O)[O-])c1cc(Br)cnc1N. The van der Waals surface area contributed by atoms with E-state index in [1.54, 1.807) is 13.0 Å². The summed E-state index contributed by atoms with van der Waals surface area (Å²) < 4.78 is 25.8. The van der Waals surface area contributed by atoms with E-state index in [0.29, 0.717) is 10.0 Å². The van der Waals surface area contributed by atoms with Crippen LogP contribution in [0, 0.1) is 0 Å². The summed E-state index contributed by atoms with van der Waals surface area (Å²) >= 11 is 0.644. The van der Waals surface area contributed by atoms with Crippen LogP contribution in [0.25, 0.3) is 0 Å². The molecule has 0 bridgehead atoms. The number of hydrogen-bond donors (Lipinski definition) is 1. The third kappa shape index (κ3) is 3.02. The largest absolute Gasteiger partial charge is 0.750 e. The van der Waals surface area contributed by atoms with Gasteiger partial charge in [-0.25, -0.2) is 9.19 Å². The average molecular weight is 280 g/mol. The number of rotatable bonds is 3. The van der Waals surface area contributed by atoms with Gasteiger partial charge in [0.2, 0.25) is 0 Å². The normalized spacial score (nSPS) is 15.1. The molecule has 7 heteroatoms. The number of nitrogens with zero attached hydrogens (tertiary/aromatic N) is 1. The lowest BCUT2D eigenvalue weighted by molar-refractivity contribution is 0.224. The van der Waals surface area contributed by atoms with Crippen molar-refractivity contribution in [2.24, 2.45) is 0 Å². The summed E-state index contributed by atoms with van der Waals surface area (Å²) in [6, 6.07) is 1.67. The number of hydrogen-bond acceptors (Lipinski definition) is 5. The Morgan fingerprint density at radius 1 is 1.79 bits per heavy atom. The molecule has 0 aliphatic carbocycles. The first-order chi connectivity index (χ1) is 6.50. The van der Waals surface area contributed by atoms with Crippen LogP contribution in [0.5, 0.6) is 0 Å². The highest BCUT2D eigenvalue weighted by Crippen LogP contribution is 2.24. The van der Waals surface area contributed by atoms with E-state index in [-0.39, 0.29) is 5.82 Å². The summed E-state index contributed by atoms with van der Waals surface area (Å²) in [6.45, 7) is 1.58. The topological polar surface area (TPSA) is 88.3 Å². The molecule has 14 heavy (non-hydrogen) atoms. The molecule has 2 unspecified atom stereocenters. The molecule has 2 atom stereocenters. The van der Waals surface area contributed by atoms with Gasteiger partial charge in [-0.05, 0) is 28.9 Å². The standard InChI is InChI=1S/C7H9BrN2O3S/c1-4(13-14(11)12)6-2-5(8)3-10-7(6)9/h2-4H,1H3,(H2,9,10)(H,11,12)/p-1. The Kier molecular flexibility index (Phi) is 3.99. The van der Waals surface area contributed by atoms with E-state index in [2.05, 4.69) is 25.1 Å². The maximum atomic E-state index is 10.3. The van der Waals surface area contributed by atoms with Gasteiger partial charge in [0.05, 0.1) is 17.5 Å². The monoisotopic (exact) mass is 279 g/mol. The summed E-state index contributed by atoms with van der Waals surface area (Å²) in [6.07, 6.45) is 0.887. The number of pyridine rings is 1. The van der Waals surface area contributed by atoms with Crippen molar-refractivity contribution in [2.45, 2.75) is 13.0 Å². The predicted molar refractivity (Wildman–Crippen MR) is 54.8 cm³/mol. The molecule has 1 aromatic rings. The van der Waals surface area contributed by atoms with Crippen molar-refractivity contribution in [1.82, 2.24) is 4.98 Å². The van der Waals surface area contributed by atoms with Crippen molar-refractivity contribution in [3.63, 3.8) is 0 Å². The summed E-state index contributed by atoms with van der Waals surface area (Å²) in [5, 5.41) is 0. The third-order valence-corrected chi connectivity index (χ3v) is 2.46. The second-order valence-corrected chi connectivity index (χ2v) is 4.09. The zero-order valence-corrected chi connectivity index (χ0v) is 9.67. The second kappa shape index (κ2) is 4.83. The van der Waals surface area contributed by atoms with E-state index in [4.69, 9.17) is 5.73 Å². The Balaban J connectivity index is 2.93. The summed E-state index contributed by atoms with van der Waals surface area (Å²) in [7, 11) is 0. The van der Waals surface area contributed by atoms with Crippen molar-refractivity contribution in [3.05, 3.63) is 22.3 Å². The van der Waals surface area contributed by atoms with Crippen molar-refractivity contribution in [3.8, 4) is 0 Å². The Morgan fingerprint density at radius 2 is 2.43 bits per heavy atom. The van der Waals surface area contributed by atoms with Crippen LogP contribution >= 0.6 is 15.9 Å². The van der Waals surface area contributed by atoms with Crippen LogP contribution in [0.3, 0.4) is 0 Å². The van der Waals surface area contributed by atoms with Gasteiger partial charge in [0, 0.05) is 16.2 Å². The predicted octanol–water partition coefficient (Wildman–Crippen LogP) is 1.30. The average Bonchev–Trinajstić information content (AvgIpc) is 2.08. The summed E-state index contributed by atoms with van der Waals surface area (Å²) in [5.74, 6) is 0.256. The van der Waals surface area contributed by atoms with Gasteiger partial charge in [-0.2, -0.15) is 0 Å². The molecule has 1 aromatic heterocycles. The van der Waals surface area contributed by atoms with Crippen LogP contribution in [0.1, 0.15) is 18.6 Å². The molecule has 0 spiro atoms. The molecule has 1 heterocycles. The molecule has 0 amide bonds. The van der Waals surface area contributed by atoms with Crippen LogP contribution in [-0.2, 0) is 15.5 Å². The van der Waals surface area contributed by atoms with Crippen molar-refractivity contribution >= 4 is 33.1 Å². The molecule has 0 aliphatic rings. The molecule has 5 nitrogen and oxygen atoms in total. The van der Waals surface area contributed by atoms with Gasteiger partial charge in [0.15, 0.2) is 0 Å². The number of nitrogen functional groups attached to an aromatic ring is 1. The maximum absolute atomic E-state index is 10.3. The first kappa shape index (κ1) is 11.6. The fraction of sp³-hybridized carbons (Fsp3) is 0.286. The molecule has 0 radical (unpaired) electrons. The minimum atomic E-state index is -2.56. The minimum Gasteiger partial charge on any atom is -0.750 e. The first-order valence-electron chi connectivity index (χ1n) is 3.68. The lowest BCUT2D eigenvalue weighted by Gasteiger charge is -2.15. The van der Waals surface area contributed by atoms with E-state index in [1.165, 1.54) is 6.20 Å². The van der Waals surface area contributed by atoms with Crippen LogP contribution in [0.4, 0.5) is 5.82 Å². The second-order valence-electron chi connectivity index (χ2n) is 2.57. The van der Waals surface area contributed by atoms with Gasteiger partial charge >= 0.3 is 0 Å². The fourth-order valence-corrected chi connectivity index (χ4v) is 1.65. The smallest absolute Gasteiger partial charge is 0.129 e. The van der Waals surface area contributed by atoms with Crippen LogP contribution in [0.15, 0.2) is 16.7 Å². The highest BCUT2D eigenvalue weighted by molar-refractivity contribution is 9.10. The number of aromatic nitrogens is 1. The van der Waals surface area contributed by atoms with Crippen molar-refractivity contribution in [2.75, 3.05) is 5.73 Å². The molecule has 0 saturated carbocycles. The quantitative estimate of drug-likeness (QED) is 0.843. The van der Waals surface area contributed by atoms with E-state index < -0.39 is 17.5 Å². The third-order valence-electron chi connectivity index (χ3n) is 1.58. The Hall–Kier alpha value is -0.500. The van der Waals surface area contributed by atoms with E-state index in [1.807, 2.05) is 0 Å². The maximum Gasteiger partial charge on any atom is 0.129 e. The summed E-state index contributed by atoms with van der Waals surface area (Å²) in [4.78, 5) is 3.86. The molecule has 78 valence electrons. The highest BCUT2D eigenvalue weighted by atomic mass is 79.9. The number of halogens is 1. The Morgan fingerprint density at radius 3 is 3.00 bits per heavy atom. The van der Waals surface area contributed by atoms with Gasteiger partial charge in [-0.3, -0.25) is 4.18 Å². The molecule has 0 aliphatic heterocycles. The fourth-order valence-electron chi connectivity index (χ4n) is 0.961. The van der Waals surface area contributed by atoms with Crippen molar-refractivity contribution in [1.29, 1.82) is 0 Å². The van der Waals surface area contributed by atoms with E-state index in [9.17, 15) is 8.76 Å². The zero-order chi connectivity index (χ0) is 10.7. The van der Waals surface area contributed by atoms with Crippen LogP contribution in [-0.4, -0.2) is 13.7 Å². The van der Waals surface area contributed by atoms with Gasteiger partial charge in [0.25, 0.3) is 0 Å². The van der Waals surface area contributed by atoms with Gasteiger partial charge in [-0.15, -0.1) is 0 Å². The Bertz CT molecular complexity index is 361. The Labute approximate surface area is 92.3 Å². The summed E-state index contributed by atoms with van der Waals surface area (Å²) in [5.41, 5.74) is 6.08. The molecule has 0 fully saturated rings. The van der Waals surface area contributed by atoms with Gasteiger partial charge < -0.3 is 10.3 Å². The van der Waals surface area contributed by atoms with Gasteiger partial charge in [0.1, 0.15) is 5.82 Å². The highest BCUT2D eigenvalue weighted by Gasteiger charge is 2.11. The molecule has 1 rings (SSSR count). The number of nitrogens with two attached hydrogens (primary N) is 1. The number of anilines is 1. The van der Waals surface area contributed by atoms with Crippen molar-refractivity contribution < 1.29 is 12.9 Å². The van der Waals surface area contributed by atoms with Crippen LogP contribution in [0.2, 0.25) is 0 Å². The molecular formula is C7H8BrN2O3S-. The molecule has 0 aromatic carbocycles. The molecule has 0 saturated heterocycles. The zero-order valence-electron chi connectivity index (χ0n) is 7.27. The van der Waals surface area contributed by atoms with Crippen LogP contribution < -0.4 is 5.73 Å². The lowest BCUT2D eigenvalue weighted by Crippen LogP contribution is -2.06. The van der Waals surface area contributed by atoms with E-state index >= 15 is 0 Å². The lowest BCUT2D eigenvalue weighted by atomic mass is 10.2. The first-order valence-corrected chi connectivity index (χ1v) is 5.47. The minimum absolute atomic E-state index is 0.256. The molecule has 2 N–H and O–H groups in total. The van der Waals surface area contributed by atoms with E-state index in [0.717, 1.165) is 0 Å². The van der Waals surface area contributed by atoms with Gasteiger partial charge in [-0.1, -0.05) is 0 Å².